The quantitative estimate of drug-likeness (QED) is 0.454. The van der Waals surface area contributed by atoms with Crippen LogP contribution in [0.15, 0.2) is 29.2 Å². The zero-order valence-corrected chi connectivity index (χ0v) is 9.01. The van der Waals surface area contributed by atoms with Gasteiger partial charge in [-0.1, -0.05) is 18.1 Å². The molecule has 1 amide bonds. The fourth-order valence-electron chi connectivity index (χ4n) is 0.956. The summed E-state index contributed by atoms with van der Waals surface area (Å²) >= 11 is 1.40. The van der Waals surface area contributed by atoms with Gasteiger partial charge >= 0.3 is 0 Å². The van der Waals surface area contributed by atoms with Crippen molar-refractivity contribution in [2.45, 2.75) is 4.90 Å². The number of hydrogen-bond donors (Lipinski definition) is 2. The molecule has 0 aromatic heterocycles. The Bertz CT molecular complexity index is 384. The Balaban J connectivity index is 2.41. The SMILES string of the molecule is C#CCNC(=O)CSc1ccccc1N. The van der Waals surface area contributed by atoms with E-state index in [0.29, 0.717) is 11.4 Å². The first-order valence-corrected chi connectivity index (χ1v) is 5.40. The molecular formula is C11H12N2OS. The lowest BCUT2D eigenvalue weighted by atomic mass is 10.3. The van der Waals surface area contributed by atoms with E-state index in [1.54, 1.807) is 0 Å². The van der Waals surface area contributed by atoms with Gasteiger partial charge in [-0.3, -0.25) is 4.79 Å². The van der Waals surface area contributed by atoms with Crippen LogP contribution in [0.25, 0.3) is 0 Å². The molecule has 0 aliphatic heterocycles. The summed E-state index contributed by atoms with van der Waals surface area (Å²) < 4.78 is 0. The monoisotopic (exact) mass is 220 g/mol. The number of nitrogens with two attached hydrogens (primary N) is 1. The third-order valence-electron chi connectivity index (χ3n) is 1.67. The van der Waals surface area contributed by atoms with Gasteiger partial charge < -0.3 is 11.1 Å². The van der Waals surface area contributed by atoms with Gasteiger partial charge in [0.2, 0.25) is 5.91 Å². The average Bonchev–Trinajstić information content (AvgIpc) is 2.25. The molecule has 0 aliphatic rings. The highest BCUT2D eigenvalue weighted by molar-refractivity contribution is 8.00. The molecule has 0 aliphatic carbocycles. The predicted octanol–water partition coefficient (Wildman–Crippen LogP) is 1.11. The van der Waals surface area contributed by atoms with Crippen LogP contribution >= 0.6 is 11.8 Å². The highest BCUT2D eigenvalue weighted by Crippen LogP contribution is 2.23. The number of benzene rings is 1. The van der Waals surface area contributed by atoms with Crippen molar-refractivity contribution in [3.63, 3.8) is 0 Å². The molecule has 15 heavy (non-hydrogen) atoms. The van der Waals surface area contributed by atoms with Crippen LogP contribution in [0.1, 0.15) is 0 Å². The van der Waals surface area contributed by atoms with E-state index in [1.807, 2.05) is 24.3 Å². The van der Waals surface area contributed by atoms with E-state index in [9.17, 15) is 4.79 Å². The van der Waals surface area contributed by atoms with Crippen molar-refractivity contribution in [1.82, 2.24) is 5.32 Å². The van der Waals surface area contributed by atoms with E-state index in [-0.39, 0.29) is 12.5 Å². The molecule has 0 spiro atoms. The molecule has 0 bridgehead atoms. The van der Waals surface area contributed by atoms with E-state index in [2.05, 4.69) is 11.2 Å². The maximum absolute atomic E-state index is 11.2. The van der Waals surface area contributed by atoms with Crippen LogP contribution in [0.4, 0.5) is 5.69 Å². The van der Waals surface area contributed by atoms with Gasteiger partial charge in [0.05, 0.1) is 12.3 Å². The van der Waals surface area contributed by atoms with Crippen LogP contribution < -0.4 is 11.1 Å². The fraction of sp³-hybridized carbons (Fsp3) is 0.182. The number of rotatable bonds is 4. The van der Waals surface area contributed by atoms with Crippen molar-refractivity contribution >= 4 is 23.4 Å². The van der Waals surface area contributed by atoms with Crippen molar-refractivity contribution in [3.8, 4) is 12.3 Å². The maximum Gasteiger partial charge on any atom is 0.231 e. The van der Waals surface area contributed by atoms with Gasteiger partial charge in [0, 0.05) is 10.6 Å². The minimum atomic E-state index is -0.0822. The topological polar surface area (TPSA) is 55.1 Å². The molecule has 0 radical (unpaired) electrons. The molecule has 3 N–H and O–H groups in total. The van der Waals surface area contributed by atoms with Gasteiger partial charge in [-0.25, -0.2) is 0 Å². The first kappa shape index (κ1) is 11.5. The predicted molar refractivity (Wildman–Crippen MR) is 63.4 cm³/mol. The molecule has 1 aromatic rings. The van der Waals surface area contributed by atoms with Gasteiger partial charge in [-0.05, 0) is 12.1 Å². The lowest BCUT2D eigenvalue weighted by molar-refractivity contribution is -0.118. The van der Waals surface area contributed by atoms with E-state index in [0.717, 1.165) is 4.90 Å². The summed E-state index contributed by atoms with van der Waals surface area (Å²) in [5.41, 5.74) is 6.41. The molecule has 0 saturated carbocycles. The summed E-state index contributed by atoms with van der Waals surface area (Å²) in [4.78, 5) is 12.1. The molecule has 0 unspecified atom stereocenters. The van der Waals surface area contributed by atoms with E-state index >= 15 is 0 Å². The molecule has 1 aromatic carbocycles. The molecule has 1 rings (SSSR count). The van der Waals surface area contributed by atoms with Crippen LogP contribution in [-0.4, -0.2) is 18.2 Å². The number of amides is 1. The van der Waals surface area contributed by atoms with Crippen molar-refractivity contribution in [1.29, 1.82) is 0 Å². The van der Waals surface area contributed by atoms with E-state index in [4.69, 9.17) is 12.2 Å². The minimum Gasteiger partial charge on any atom is -0.398 e. The minimum absolute atomic E-state index is 0.0822. The number of thioether (sulfide) groups is 1. The van der Waals surface area contributed by atoms with E-state index in [1.165, 1.54) is 11.8 Å². The average molecular weight is 220 g/mol. The second-order valence-electron chi connectivity index (χ2n) is 2.81. The van der Waals surface area contributed by atoms with Gasteiger partial charge in [0.1, 0.15) is 0 Å². The Kier molecular flexibility index (Phi) is 4.58. The van der Waals surface area contributed by atoms with Crippen molar-refractivity contribution in [2.24, 2.45) is 0 Å². The summed E-state index contributed by atoms with van der Waals surface area (Å²) in [6, 6.07) is 7.44. The Morgan fingerprint density at radius 2 is 2.27 bits per heavy atom. The van der Waals surface area contributed by atoms with E-state index < -0.39 is 0 Å². The summed E-state index contributed by atoms with van der Waals surface area (Å²) in [6.45, 7) is 0.268. The van der Waals surface area contributed by atoms with Crippen LogP contribution in [0.5, 0.6) is 0 Å². The summed E-state index contributed by atoms with van der Waals surface area (Å²) in [5, 5.41) is 2.59. The fourth-order valence-corrected chi connectivity index (χ4v) is 1.75. The van der Waals surface area contributed by atoms with Crippen LogP contribution in [0, 0.1) is 12.3 Å². The summed E-state index contributed by atoms with van der Waals surface area (Å²) in [6.07, 6.45) is 5.02. The second kappa shape index (κ2) is 5.99. The third-order valence-corrected chi connectivity index (χ3v) is 2.75. The van der Waals surface area contributed by atoms with Crippen LogP contribution in [0.2, 0.25) is 0 Å². The third kappa shape index (κ3) is 3.96. The van der Waals surface area contributed by atoms with Gasteiger partial charge in [0.15, 0.2) is 0 Å². The summed E-state index contributed by atoms with van der Waals surface area (Å²) in [5.74, 6) is 2.59. The molecule has 0 atom stereocenters. The normalized spacial score (nSPS) is 9.27. The molecule has 4 heteroatoms. The van der Waals surface area contributed by atoms with Crippen molar-refractivity contribution in [3.05, 3.63) is 24.3 Å². The maximum atomic E-state index is 11.2. The number of para-hydroxylation sites is 1. The molecule has 0 saturated heterocycles. The number of terminal acetylenes is 1. The number of carbonyl (C=O) groups excluding carboxylic acids is 1. The number of hydrogen-bond acceptors (Lipinski definition) is 3. The Morgan fingerprint density at radius 1 is 1.53 bits per heavy atom. The Hall–Kier alpha value is -1.60. The number of nitrogens with one attached hydrogen (secondary N) is 1. The first-order chi connectivity index (χ1) is 7.24. The number of carbonyl (C=O) groups is 1. The molecule has 78 valence electrons. The summed E-state index contributed by atoms with van der Waals surface area (Å²) in [7, 11) is 0. The lowest BCUT2D eigenvalue weighted by Crippen LogP contribution is -2.25. The molecule has 3 nitrogen and oxygen atoms in total. The lowest BCUT2D eigenvalue weighted by Gasteiger charge is -2.04. The van der Waals surface area contributed by atoms with Gasteiger partial charge in [-0.2, -0.15) is 0 Å². The van der Waals surface area contributed by atoms with Gasteiger partial charge in [0.25, 0.3) is 0 Å². The zero-order valence-electron chi connectivity index (χ0n) is 8.19. The Morgan fingerprint density at radius 3 is 2.93 bits per heavy atom. The standard InChI is InChI=1S/C11H12N2OS/c1-2-7-13-11(14)8-15-10-6-4-3-5-9(10)12/h1,3-6H,7-8,12H2,(H,13,14). The van der Waals surface area contributed by atoms with Crippen molar-refractivity contribution in [2.75, 3.05) is 18.0 Å². The highest BCUT2D eigenvalue weighted by atomic mass is 32.2. The second-order valence-corrected chi connectivity index (χ2v) is 3.82. The number of nitrogen functional groups attached to an aromatic ring is 1. The highest BCUT2D eigenvalue weighted by Gasteiger charge is 2.03. The molecule has 0 fully saturated rings. The van der Waals surface area contributed by atoms with Crippen molar-refractivity contribution < 1.29 is 4.79 Å². The Labute approximate surface area is 93.4 Å². The zero-order chi connectivity index (χ0) is 11.1. The molecule has 0 heterocycles. The molecular weight excluding hydrogens is 208 g/mol. The van der Waals surface area contributed by atoms with Gasteiger partial charge in [-0.15, -0.1) is 18.2 Å². The first-order valence-electron chi connectivity index (χ1n) is 4.41. The van der Waals surface area contributed by atoms with Crippen LogP contribution in [0.3, 0.4) is 0 Å². The van der Waals surface area contributed by atoms with Crippen LogP contribution in [-0.2, 0) is 4.79 Å². The largest absolute Gasteiger partial charge is 0.398 e. The number of anilines is 1. The smallest absolute Gasteiger partial charge is 0.231 e.